The van der Waals surface area contributed by atoms with Gasteiger partial charge in [0.05, 0.1) is 16.8 Å². The number of rotatable bonds is 8. The van der Waals surface area contributed by atoms with Crippen LogP contribution in [-0.2, 0) is 0 Å². The maximum Gasteiger partial charge on any atom is 0.167 e. The third-order valence-electron chi connectivity index (χ3n) is 9.04. The van der Waals surface area contributed by atoms with Crippen LogP contribution in [0.3, 0.4) is 0 Å². The van der Waals surface area contributed by atoms with E-state index in [2.05, 4.69) is 93.4 Å². The fourth-order valence-corrected chi connectivity index (χ4v) is 7.84. The maximum absolute atomic E-state index is 6.97. The quantitative estimate of drug-likeness (QED) is 0.151. The smallest absolute Gasteiger partial charge is 0.167 e. The summed E-state index contributed by atoms with van der Waals surface area (Å²) >= 11 is 1.88. The number of thioether (sulfide) groups is 1. The highest BCUT2D eigenvalue weighted by Gasteiger charge is 2.24. The Morgan fingerprint density at radius 3 is 1.88 bits per heavy atom. The molecular weight excluding hydrogens is 633 g/mol. The van der Waals surface area contributed by atoms with Gasteiger partial charge in [-0.05, 0) is 37.6 Å². The van der Waals surface area contributed by atoms with Crippen molar-refractivity contribution in [2.45, 2.75) is 32.9 Å². The molecule has 0 spiro atoms. The van der Waals surface area contributed by atoms with Crippen LogP contribution < -0.4 is 0 Å². The minimum absolute atomic E-state index is 0.416. The summed E-state index contributed by atoms with van der Waals surface area (Å²) in [5, 5.41) is 3.66. The SMILES string of the molecule is C=CC(C)=C(SC(C)C)c1c(C)n(-c2cccc3c2oc2c(-c4nc(-c5ccccc5)nc(-c5ccccc5)n4)cccc23)c2ccccc12. The molecule has 0 aliphatic rings. The Morgan fingerprint density at radius 1 is 0.680 bits per heavy atom. The molecule has 0 amide bonds. The van der Waals surface area contributed by atoms with E-state index in [0.29, 0.717) is 22.7 Å². The molecule has 0 bridgehead atoms. The molecule has 0 aliphatic carbocycles. The molecule has 0 saturated heterocycles. The van der Waals surface area contributed by atoms with E-state index in [1.165, 1.54) is 21.4 Å². The molecular formula is C44H36N4OS. The van der Waals surface area contributed by atoms with Crippen LogP contribution in [0.1, 0.15) is 32.0 Å². The summed E-state index contributed by atoms with van der Waals surface area (Å²) in [7, 11) is 0. The molecule has 244 valence electrons. The van der Waals surface area contributed by atoms with Gasteiger partial charge in [-0.3, -0.25) is 0 Å². The third-order valence-corrected chi connectivity index (χ3v) is 10.3. The minimum atomic E-state index is 0.416. The second-order valence-corrected chi connectivity index (χ2v) is 14.3. The van der Waals surface area contributed by atoms with Gasteiger partial charge in [0.15, 0.2) is 23.1 Å². The van der Waals surface area contributed by atoms with Crippen molar-refractivity contribution in [3.63, 3.8) is 0 Å². The monoisotopic (exact) mass is 668 g/mol. The van der Waals surface area contributed by atoms with Gasteiger partial charge < -0.3 is 8.98 Å². The van der Waals surface area contributed by atoms with Gasteiger partial charge in [0.2, 0.25) is 0 Å². The third kappa shape index (κ3) is 5.42. The van der Waals surface area contributed by atoms with E-state index in [-0.39, 0.29) is 0 Å². The summed E-state index contributed by atoms with van der Waals surface area (Å²) in [5.74, 6) is 1.79. The zero-order chi connectivity index (χ0) is 34.4. The Hall–Kier alpha value is -5.72. The summed E-state index contributed by atoms with van der Waals surface area (Å²) in [6, 6.07) is 41.3. The molecule has 50 heavy (non-hydrogen) atoms. The fourth-order valence-electron chi connectivity index (χ4n) is 6.73. The number of allylic oxidation sites excluding steroid dienone is 2. The van der Waals surface area contributed by atoms with Crippen molar-refractivity contribution in [3.05, 3.63) is 151 Å². The molecule has 0 saturated carbocycles. The molecule has 3 aromatic heterocycles. The van der Waals surface area contributed by atoms with Gasteiger partial charge in [-0.25, -0.2) is 15.0 Å². The van der Waals surface area contributed by atoms with Crippen molar-refractivity contribution in [3.8, 4) is 39.9 Å². The maximum atomic E-state index is 6.97. The predicted octanol–water partition coefficient (Wildman–Crippen LogP) is 12.1. The number of hydrogen-bond donors (Lipinski definition) is 0. The van der Waals surface area contributed by atoms with Gasteiger partial charge in [-0.15, -0.1) is 11.8 Å². The Bertz CT molecular complexity index is 2520. The van der Waals surface area contributed by atoms with Crippen LogP contribution in [0.25, 0.3) is 77.6 Å². The first-order chi connectivity index (χ1) is 24.4. The highest BCUT2D eigenvalue weighted by atomic mass is 32.2. The summed E-state index contributed by atoms with van der Waals surface area (Å²) in [5.41, 5.74) is 9.89. The average molecular weight is 669 g/mol. The molecule has 8 aromatic rings. The number of furan rings is 1. The van der Waals surface area contributed by atoms with Gasteiger partial charge in [0.1, 0.15) is 5.58 Å². The van der Waals surface area contributed by atoms with Crippen LogP contribution in [0.2, 0.25) is 0 Å². The lowest BCUT2D eigenvalue weighted by Gasteiger charge is -2.14. The second-order valence-electron chi connectivity index (χ2n) is 12.7. The first-order valence-electron chi connectivity index (χ1n) is 16.8. The van der Waals surface area contributed by atoms with Crippen molar-refractivity contribution in [2.24, 2.45) is 0 Å². The Labute approximate surface area is 296 Å². The zero-order valence-corrected chi connectivity index (χ0v) is 29.3. The Balaban J connectivity index is 1.38. The van der Waals surface area contributed by atoms with Crippen LogP contribution >= 0.6 is 11.8 Å². The van der Waals surface area contributed by atoms with Gasteiger partial charge >= 0.3 is 0 Å². The van der Waals surface area contributed by atoms with E-state index in [1.54, 1.807) is 0 Å². The Kier molecular flexibility index (Phi) is 8.17. The van der Waals surface area contributed by atoms with Crippen molar-refractivity contribution < 1.29 is 4.42 Å². The molecule has 8 rings (SSSR count). The number of nitrogens with zero attached hydrogens (tertiary/aromatic N) is 4. The predicted molar refractivity (Wildman–Crippen MR) is 211 cm³/mol. The standard InChI is InChI=1S/C44H36N4OS/c1-6-28(4)41(50-27(2)3)38-29(5)48(36-25-14-13-21-34(36)38)37-26-16-23-33-32-22-15-24-35(39(32)49-40(33)37)44-46-42(30-17-9-7-10-18-30)45-43(47-44)31-19-11-8-12-20-31/h6-27H,1H2,2-5H3. The van der Waals surface area contributed by atoms with Crippen molar-refractivity contribution in [1.82, 2.24) is 19.5 Å². The summed E-state index contributed by atoms with van der Waals surface area (Å²) < 4.78 is 9.31. The normalized spacial score (nSPS) is 12.3. The van der Waals surface area contributed by atoms with E-state index >= 15 is 0 Å². The van der Waals surface area contributed by atoms with Crippen LogP contribution in [0.15, 0.2) is 144 Å². The van der Waals surface area contributed by atoms with Crippen LogP contribution in [0, 0.1) is 6.92 Å². The molecule has 0 aliphatic heterocycles. The molecule has 5 nitrogen and oxygen atoms in total. The van der Waals surface area contributed by atoms with Gasteiger partial charge in [-0.2, -0.15) is 0 Å². The van der Waals surface area contributed by atoms with E-state index in [4.69, 9.17) is 19.4 Å². The molecule has 3 heterocycles. The van der Waals surface area contributed by atoms with E-state index in [1.807, 2.05) is 84.6 Å². The van der Waals surface area contributed by atoms with Crippen LogP contribution in [0.4, 0.5) is 0 Å². The summed E-state index contributed by atoms with van der Waals surface area (Å²) in [4.78, 5) is 16.2. The highest BCUT2D eigenvalue weighted by molar-refractivity contribution is 8.08. The number of aromatic nitrogens is 4. The average Bonchev–Trinajstić information content (AvgIpc) is 3.68. The van der Waals surface area contributed by atoms with Crippen molar-refractivity contribution in [2.75, 3.05) is 0 Å². The lowest BCUT2D eigenvalue weighted by molar-refractivity contribution is 0.666. The Morgan fingerprint density at radius 2 is 1.24 bits per heavy atom. The molecule has 0 unspecified atom stereocenters. The minimum Gasteiger partial charge on any atom is -0.453 e. The zero-order valence-electron chi connectivity index (χ0n) is 28.5. The molecule has 0 N–H and O–H groups in total. The van der Waals surface area contributed by atoms with Crippen LogP contribution in [0.5, 0.6) is 0 Å². The van der Waals surface area contributed by atoms with Crippen molar-refractivity contribution >= 4 is 49.5 Å². The van der Waals surface area contributed by atoms with E-state index in [0.717, 1.165) is 55.5 Å². The molecule has 6 heteroatoms. The van der Waals surface area contributed by atoms with Gasteiger partial charge in [0, 0.05) is 48.7 Å². The van der Waals surface area contributed by atoms with Gasteiger partial charge in [-0.1, -0.05) is 130 Å². The van der Waals surface area contributed by atoms with Crippen molar-refractivity contribution in [1.29, 1.82) is 0 Å². The lowest BCUT2D eigenvalue weighted by Crippen LogP contribution is -2.00. The second kappa shape index (κ2) is 13.0. The summed E-state index contributed by atoms with van der Waals surface area (Å²) in [6.07, 6.45) is 1.96. The van der Waals surface area contributed by atoms with Gasteiger partial charge in [0.25, 0.3) is 0 Å². The molecule has 0 fully saturated rings. The number of fused-ring (bicyclic) bond motifs is 4. The highest BCUT2D eigenvalue weighted by Crippen LogP contribution is 2.44. The topological polar surface area (TPSA) is 56.7 Å². The first kappa shape index (κ1) is 31.5. The van der Waals surface area contributed by atoms with Crippen LogP contribution in [-0.4, -0.2) is 24.8 Å². The fraction of sp³-hybridized carbons (Fsp3) is 0.114. The van der Waals surface area contributed by atoms with E-state index < -0.39 is 0 Å². The summed E-state index contributed by atoms with van der Waals surface area (Å²) in [6.45, 7) is 13.0. The molecule has 0 atom stereocenters. The number of hydrogen-bond acceptors (Lipinski definition) is 5. The van der Waals surface area contributed by atoms with E-state index in [9.17, 15) is 0 Å². The number of para-hydroxylation sites is 3. The number of benzene rings is 5. The largest absolute Gasteiger partial charge is 0.453 e. The molecule has 5 aromatic carbocycles. The first-order valence-corrected chi connectivity index (χ1v) is 17.7. The lowest BCUT2D eigenvalue weighted by atomic mass is 10.1. The molecule has 0 radical (unpaired) electrons.